The Balaban J connectivity index is 1.97. The van der Waals surface area contributed by atoms with E-state index in [2.05, 4.69) is 0 Å². The van der Waals surface area contributed by atoms with Crippen molar-refractivity contribution in [2.24, 2.45) is 11.8 Å². The number of ether oxygens (including phenoxy) is 1. The van der Waals surface area contributed by atoms with Crippen LogP contribution in [0.15, 0.2) is 24.3 Å². The van der Waals surface area contributed by atoms with Crippen molar-refractivity contribution in [3.8, 4) is 5.75 Å². The zero-order valence-electron chi connectivity index (χ0n) is 14.7. The number of carboxylic acid groups (broad SMARTS) is 1. The number of carbonyl (C=O) groups excluding carboxylic acids is 1. The third-order valence-electron chi connectivity index (χ3n) is 4.44. The molecule has 1 fully saturated rings. The van der Waals surface area contributed by atoms with E-state index < -0.39 is 5.97 Å². The van der Waals surface area contributed by atoms with Gasteiger partial charge in [0.15, 0.2) is 0 Å². The largest absolute Gasteiger partial charge is 0.491 e. The number of hydrogen-bond donors (Lipinski definition) is 1. The number of hydrogen-bond acceptors (Lipinski definition) is 3. The van der Waals surface area contributed by atoms with Crippen molar-refractivity contribution >= 4 is 11.9 Å². The molecular formula is C19H27NO4. The van der Waals surface area contributed by atoms with Gasteiger partial charge in [-0.25, -0.2) is 0 Å². The Morgan fingerprint density at radius 3 is 2.67 bits per heavy atom. The van der Waals surface area contributed by atoms with Crippen LogP contribution >= 0.6 is 0 Å². The predicted molar refractivity (Wildman–Crippen MR) is 91.8 cm³/mol. The molecule has 1 amide bonds. The molecule has 0 bridgehead atoms. The van der Waals surface area contributed by atoms with Crippen LogP contribution in [0.25, 0.3) is 0 Å². The maximum Gasteiger partial charge on any atom is 0.306 e. The lowest BCUT2D eigenvalue weighted by molar-refractivity contribution is -0.145. The SMILES string of the molecule is CC(C)Oc1cccc(CN(C)C(=O)C2CCCC(C(=O)O)C2)c1. The molecule has 24 heavy (non-hydrogen) atoms. The van der Waals surface area contributed by atoms with Crippen LogP contribution in [0.2, 0.25) is 0 Å². The van der Waals surface area contributed by atoms with Gasteiger partial charge in [0, 0.05) is 19.5 Å². The first-order valence-corrected chi connectivity index (χ1v) is 8.60. The van der Waals surface area contributed by atoms with Crippen molar-refractivity contribution in [2.75, 3.05) is 7.05 Å². The molecule has 5 heteroatoms. The first-order valence-electron chi connectivity index (χ1n) is 8.60. The minimum atomic E-state index is -0.784. The van der Waals surface area contributed by atoms with Crippen molar-refractivity contribution in [3.05, 3.63) is 29.8 Å². The highest BCUT2D eigenvalue weighted by Gasteiger charge is 2.32. The summed E-state index contributed by atoms with van der Waals surface area (Å²) < 4.78 is 5.68. The Morgan fingerprint density at radius 2 is 2.00 bits per heavy atom. The van der Waals surface area contributed by atoms with Gasteiger partial charge >= 0.3 is 5.97 Å². The lowest BCUT2D eigenvalue weighted by atomic mass is 9.81. The molecule has 0 heterocycles. The fourth-order valence-electron chi connectivity index (χ4n) is 3.29. The number of carbonyl (C=O) groups is 2. The number of amides is 1. The zero-order valence-corrected chi connectivity index (χ0v) is 14.7. The van der Waals surface area contributed by atoms with E-state index in [1.165, 1.54) is 0 Å². The third-order valence-corrected chi connectivity index (χ3v) is 4.44. The summed E-state index contributed by atoms with van der Waals surface area (Å²) in [6.45, 7) is 4.46. The van der Waals surface area contributed by atoms with E-state index >= 15 is 0 Å². The van der Waals surface area contributed by atoms with E-state index in [9.17, 15) is 14.7 Å². The van der Waals surface area contributed by atoms with Gasteiger partial charge in [-0.3, -0.25) is 9.59 Å². The van der Waals surface area contributed by atoms with Gasteiger partial charge in [-0.1, -0.05) is 18.6 Å². The second-order valence-electron chi connectivity index (χ2n) is 6.91. The van der Waals surface area contributed by atoms with Crippen LogP contribution in [0.3, 0.4) is 0 Å². The van der Waals surface area contributed by atoms with Crippen LogP contribution in [0.5, 0.6) is 5.75 Å². The fourth-order valence-corrected chi connectivity index (χ4v) is 3.29. The highest BCUT2D eigenvalue weighted by molar-refractivity contribution is 5.80. The zero-order chi connectivity index (χ0) is 17.7. The van der Waals surface area contributed by atoms with E-state index in [4.69, 9.17) is 4.74 Å². The average molecular weight is 333 g/mol. The van der Waals surface area contributed by atoms with Gasteiger partial charge in [0.1, 0.15) is 5.75 Å². The standard InChI is InChI=1S/C19H27NO4/c1-13(2)24-17-9-4-6-14(10-17)12-20(3)18(21)15-7-5-8-16(11-15)19(22)23/h4,6,9-10,13,15-16H,5,7-8,11-12H2,1-3H3,(H,22,23). The molecule has 0 saturated heterocycles. The smallest absolute Gasteiger partial charge is 0.306 e. The summed E-state index contributed by atoms with van der Waals surface area (Å²) >= 11 is 0. The Bertz CT molecular complexity index is 584. The fraction of sp³-hybridized carbons (Fsp3) is 0.579. The van der Waals surface area contributed by atoms with Gasteiger partial charge in [0.05, 0.1) is 12.0 Å². The molecule has 2 unspecified atom stereocenters. The van der Waals surface area contributed by atoms with Crippen LogP contribution in [0.4, 0.5) is 0 Å². The van der Waals surface area contributed by atoms with Crippen molar-refractivity contribution in [1.82, 2.24) is 4.90 Å². The van der Waals surface area contributed by atoms with Crippen molar-refractivity contribution in [3.63, 3.8) is 0 Å². The molecule has 0 spiro atoms. The van der Waals surface area contributed by atoms with Crippen molar-refractivity contribution in [2.45, 2.75) is 52.2 Å². The second-order valence-corrected chi connectivity index (χ2v) is 6.91. The molecule has 0 aliphatic heterocycles. The molecular weight excluding hydrogens is 306 g/mol. The van der Waals surface area contributed by atoms with Crippen LogP contribution in [-0.4, -0.2) is 35.0 Å². The Kier molecular flexibility index (Phi) is 6.23. The molecule has 132 valence electrons. The number of benzene rings is 1. The molecule has 1 aliphatic rings. The normalized spacial score (nSPS) is 20.7. The maximum absolute atomic E-state index is 12.6. The van der Waals surface area contributed by atoms with Crippen molar-refractivity contribution < 1.29 is 19.4 Å². The Labute approximate surface area is 143 Å². The average Bonchev–Trinajstić information content (AvgIpc) is 2.54. The maximum atomic E-state index is 12.6. The van der Waals surface area contributed by atoms with E-state index in [1.807, 2.05) is 38.1 Å². The predicted octanol–water partition coefficient (Wildman–Crippen LogP) is 3.32. The van der Waals surface area contributed by atoms with Gasteiger partial charge in [0.2, 0.25) is 5.91 Å². The molecule has 5 nitrogen and oxygen atoms in total. The minimum Gasteiger partial charge on any atom is -0.491 e. The Hall–Kier alpha value is -2.04. The molecule has 2 atom stereocenters. The van der Waals surface area contributed by atoms with Gasteiger partial charge in [-0.05, 0) is 50.8 Å². The molecule has 1 N–H and O–H groups in total. The monoisotopic (exact) mass is 333 g/mol. The lowest BCUT2D eigenvalue weighted by Gasteiger charge is -2.29. The summed E-state index contributed by atoms with van der Waals surface area (Å²) in [4.78, 5) is 25.5. The third kappa shape index (κ3) is 4.98. The molecule has 2 rings (SSSR count). The first kappa shape index (κ1) is 18.3. The summed E-state index contributed by atoms with van der Waals surface area (Å²) in [7, 11) is 1.78. The van der Waals surface area contributed by atoms with Gasteiger partial charge in [-0.2, -0.15) is 0 Å². The summed E-state index contributed by atoms with van der Waals surface area (Å²) in [5.41, 5.74) is 1.01. The van der Waals surface area contributed by atoms with E-state index in [0.717, 1.165) is 24.2 Å². The summed E-state index contributed by atoms with van der Waals surface area (Å²) in [5, 5.41) is 9.18. The van der Waals surface area contributed by atoms with Gasteiger partial charge in [0.25, 0.3) is 0 Å². The van der Waals surface area contributed by atoms with Gasteiger partial charge in [-0.15, -0.1) is 0 Å². The lowest BCUT2D eigenvalue weighted by Crippen LogP contribution is -2.36. The number of aliphatic carboxylic acids is 1. The Morgan fingerprint density at radius 1 is 1.29 bits per heavy atom. The van der Waals surface area contributed by atoms with Crippen LogP contribution < -0.4 is 4.74 Å². The van der Waals surface area contributed by atoms with E-state index in [0.29, 0.717) is 19.4 Å². The highest BCUT2D eigenvalue weighted by atomic mass is 16.5. The minimum absolute atomic E-state index is 0.0381. The molecule has 0 radical (unpaired) electrons. The summed E-state index contributed by atoms with van der Waals surface area (Å²) in [6.07, 6.45) is 2.82. The number of carboxylic acids is 1. The summed E-state index contributed by atoms with van der Waals surface area (Å²) in [5.74, 6) is -0.513. The molecule has 1 saturated carbocycles. The van der Waals surface area contributed by atoms with Gasteiger partial charge < -0.3 is 14.7 Å². The quantitative estimate of drug-likeness (QED) is 0.867. The van der Waals surface area contributed by atoms with Crippen LogP contribution in [-0.2, 0) is 16.1 Å². The van der Waals surface area contributed by atoms with Crippen molar-refractivity contribution in [1.29, 1.82) is 0 Å². The second kappa shape index (κ2) is 8.18. The molecule has 1 aromatic carbocycles. The number of nitrogens with zero attached hydrogens (tertiary/aromatic N) is 1. The van der Waals surface area contributed by atoms with Crippen LogP contribution in [0.1, 0.15) is 45.1 Å². The molecule has 1 aliphatic carbocycles. The number of rotatable bonds is 6. The molecule has 1 aromatic rings. The molecule has 0 aromatic heterocycles. The van der Waals surface area contributed by atoms with Crippen LogP contribution in [0, 0.1) is 11.8 Å². The highest BCUT2D eigenvalue weighted by Crippen LogP contribution is 2.30. The summed E-state index contributed by atoms with van der Waals surface area (Å²) in [6, 6.07) is 7.75. The topological polar surface area (TPSA) is 66.8 Å². The van der Waals surface area contributed by atoms with E-state index in [1.54, 1.807) is 11.9 Å². The van der Waals surface area contributed by atoms with E-state index in [-0.39, 0.29) is 23.8 Å². The first-order chi connectivity index (χ1) is 11.4.